The van der Waals surface area contributed by atoms with Crippen LogP contribution in [0.4, 0.5) is 18.9 Å². The summed E-state index contributed by atoms with van der Waals surface area (Å²) in [4.78, 5) is 29.3. The number of ether oxygens (including phenoxy) is 1. The van der Waals surface area contributed by atoms with Crippen molar-refractivity contribution in [2.45, 2.75) is 33.0 Å². The van der Waals surface area contributed by atoms with Gasteiger partial charge in [-0.2, -0.15) is 13.2 Å². The SMILES string of the molecule is CCc1c(CNc2cccc(-c3c(C(=O)c4ccccc4)cnc4c(C(F)(F)F)cccc34)c2)cccc1OC(C)=O. The van der Waals surface area contributed by atoms with Crippen LogP contribution in [0.3, 0.4) is 0 Å². The van der Waals surface area contributed by atoms with Gasteiger partial charge in [0.15, 0.2) is 5.78 Å². The van der Waals surface area contributed by atoms with E-state index in [0.29, 0.717) is 41.1 Å². The van der Waals surface area contributed by atoms with Gasteiger partial charge in [0, 0.05) is 47.4 Å². The third-order valence-corrected chi connectivity index (χ3v) is 6.95. The lowest BCUT2D eigenvalue weighted by molar-refractivity contribution is -0.136. The lowest BCUT2D eigenvalue weighted by Gasteiger charge is -2.17. The minimum Gasteiger partial charge on any atom is -0.426 e. The van der Waals surface area contributed by atoms with Gasteiger partial charge in [-0.3, -0.25) is 14.6 Å². The maximum atomic E-state index is 13.9. The summed E-state index contributed by atoms with van der Waals surface area (Å²) in [6.45, 7) is 3.74. The lowest BCUT2D eigenvalue weighted by Crippen LogP contribution is -2.10. The number of ketones is 1. The van der Waals surface area contributed by atoms with E-state index in [2.05, 4.69) is 10.3 Å². The summed E-state index contributed by atoms with van der Waals surface area (Å²) in [6.07, 6.45) is -2.73. The molecule has 0 saturated heterocycles. The van der Waals surface area contributed by atoms with Gasteiger partial charge >= 0.3 is 12.1 Å². The largest absolute Gasteiger partial charge is 0.426 e. The van der Waals surface area contributed by atoms with E-state index in [1.165, 1.54) is 19.2 Å². The van der Waals surface area contributed by atoms with Crippen molar-refractivity contribution < 1.29 is 27.5 Å². The molecule has 212 valence electrons. The van der Waals surface area contributed by atoms with Gasteiger partial charge in [-0.1, -0.05) is 73.7 Å². The number of benzene rings is 4. The Morgan fingerprint density at radius 2 is 1.64 bits per heavy atom. The maximum Gasteiger partial charge on any atom is 0.418 e. The Morgan fingerprint density at radius 1 is 0.905 bits per heavy atom. The van der Waals surface area contributed by atoms with Crippen molar-refractivity contribution >= 4 is 28.3 Å². The number of aromatic nitrogens is 1. The molecule has 1 heterocycles. The molecule has 0 radical (unpaired) electrons. The molecule has 1 aromatic heterocycles. The van der Waals surface area contributed by atoms with Crippen LogP contribution in [0.15, 0.2) is 97.2 Å². The number of rotatable bonds is 8. The predicted octanol–water partition coefficient (Wildman–Crippen LogP) is 8.25. The molecule has 0 bridgehead atoms. The third-order valence-electron chi connectivity index (χ3n) is 6.95. The zero-order chi connectivity index (χ0) is 29.9. The fraction of sp³-hybridized carbons (Fsp3) is 0.147. The summed E-state index contributed by atoms with van der Waals surface area (Å²) in [5.41, 5.74) is 2.98. The van der Waals surface area contributed by atoms with Gasteiger partial charge in [-0.15, -0.1) is 0 Å². The number of carbonyl (C=O) groups excluding carboxylic acids is 2. The monoisotopic (exact) mass is 568 g/mol. The molecule has 42 heavy (non-hydrogen) atoms. The van der Waals surface area contributed by atoms with Crippen LogP contribution < -0.4 is 10.1 Å². The van der Waals surface area contributed by atoms with E-state index < -0.39 is 17.7 Å². The van der Waals surface area contributed by atoms with E-state index in [9.17, 15) is 22.8 Å². The maximum absolute atomic E-state index is 13.9. The van der Waals surface area contributed by atoms with Crippen LogP contribution in [0, 0.1) is 0 Å². The fourth-order valence-corrected chi connectivity index (χ4v) is 5.09. The molecule has 0 spiro atoms. The molecule has 0 saturated carbocycles. The predicted molar refractivity (Wildman–Crippen MR) is 157 cm³/mol. The van der Waals surface area contributed by atoms with Crippen molar-refractivity contribution in [3.05, 3.63) is 125 Å². The summed E-state index contributed by atoms with van der Waals surface area (Å²) in [5, 5.41) is 3.60. The Kier molecular flexibility index (Phi) is 8.06. The molecule has 8 heteroatoms. The minimum atomic E-state index is -4.62. The van der Waals surface area contributed by atoms with Gasteiger partial charge in [0.1, 0.15) is 5.75 Å². The Balaban J connectivity index is 1.59. The van der Waals surface area contributed by atoms with Gasteiger partial charge < -0.3 is 10.1 Å². The average Bonchev–Trinajstić information content (AvgIpc) is 2.98. The average molecular weight is 569 g/mol. The van der Waals surface area contributed by atoms with Crippen LogP contribution in [0.25, 0.3) is 22.0 Å². The van der Waals surface area contributed by atoms with Crippen molar-refractivity contribution in [3.8, 4) is 16.9 Å². The highest BCUT2D eigenvalue weighted by molar-refractivity contribution is 6.16. The molecule has 5 nitrogen and oxygen atoms in total. The first kappa shape index (κ1) is 28.5. The number of halogens is 3. The highest BCUT2D eigenvalue weighted by Crippen LogP contribution is 2.39. The number of carbonyl (C=O) groups is 2. The number of hydrogen-bond acceptors (Lipinski definition) is 5. The molecule has 0 fully saturated rings. The quantitative estimate of drug-likeness (QED) is 0.116. The molecule has 0 aliphatic rings. The van der Waals surface area contributed by atoms with Crippen LogP contribution in [-0.4, -0.2) is 16.7 Å². The van der Waals surface area contributed by atoms with Gasteiger partial charge in [-0.25, -0.2) is 0 Å². The van der Waals surface area contributed by atoms with E-state index in [-0.39, 0.29) is 22.2 Å². The fourth-order valence-electron chi connectivity index (χ4n) is 5.09. The molecule has 0 unspecified atom stereocenters. The molecule has 0 atom stereocenters. The molecule has 0 amide bonds. The Morgan fingerprint density at radius 3 is 2.36 bits per heavy atom. The first-order chi connectivity index (χ1) is 20.2. The van der Waals surface area contributed by atoms with Crippen LogP contribution >= 0.6 is 0 Å². The second-order valence-electron chi connectivity index (χ2n) is 9.72. The number of pyridine rings is 1. The Hall–Kier alpha value is -4.98. The number of para-hydroxylation sites is 1. The molecule has 0 aliphatic carbocycles. The Bertz CT molecular complexity index is 1780. The first-order valence-electron chi connectivity index (χ1n) is 13.4. The summed E-state index contributed by atoms with van der Waals surface area (Å²) in [5.74, 6) is -0.238. The van der Waals surface area contributed by atoms with Crippen molar-refractivity contribution in [1.82, 2.24) is 4.98 Å². The standard InChI is InChI=1S/C34H27F3N2O3/c1-3-26-24(13-8-17-30(26)42-21(2)40)19-38-25-14-7-12-23(18-25)31-27-15-9-16-29(34(35,36)37)32(27)39-20-28(31)33(41)22-10-5-4-6-11-22/h4-18,20,38H,3,19H2,1-2H3. The van der Waals surface area contributed by atoms with Crippen LogP contribution in [0.1, 0.15) is 46.5 Å². The number of esters is 1. The van der Waals surface area contributed by atoms with Gasteiger partial charge in [0.25, 0.3) is 0 Å². The third kappa shape index (κ3) is 5.88. The molecule has 0 aliphatic heterocycles. The zero-order valence-electron chi connectivity index (χ0n) is 23.0. The van der Waals surface area contributed by atoms with E-state index in [1.807, 2.05) is 25.1 Å². The molecule has 5 aromatic rings. The molecule has 5 rings (SSSR count). The van der Waals surface area contributed by atoms with Crippen molar-refractivity contribution in [1.29, 1.82) is 0 Å². The number of fused-ring (bicyclic) bond motifs is 1. The summed E-state index contributed by atoms with van der Waals surface area (Å²) >= 11 is 0. The van der Waals surface area contributed by atoms with Crippen LogP contribution in [0.2, 0.25) is 0 Å². The number of nitrogens with one attached hydrogen (secondary N) is 1. The summed E-state index contributed by atoms with van der Waals surface area (Å²) in [7, 11) is 0. The molecule has 1 N–H and O–H groups in total. The molecular weight excluding hydrogens is 541 g/mol. The van der Waals surface area contributed by atoms with Crippen molar-refractivity contribution in [2.24, 2.45) is 0 Å². The minimum absolute atomic E-state index is 0.201. The van der Waals surface area contributed by atoms with Crippen molar-refractivity contribution in [3.63, 3.8) is 0 Å². The highest BCUT2D eigenvalue weighted by Gasteiger charge is 2.34. The van der Waals surface area contributed by atoms with Gasteiger partial charge in [0.2, 0.25) is 0 Å². The van der Waals surface area contributed by atoms with E-state index in [4.69, 9.17) is 4.74 Å². The van der Waals surface area contributed by atoms with Gasteiger partial charge in [0.05, 0.1) is 11.1 Å². The number of anilines is 1. The van der Waals surface area contributed by atoms with Crippen molar-refractivity contribution in [2.75, 3.05) is 5.32 Å². The van der Waals surface area contributed by atoms with E-state index in [0.717, 1.165) is 17.2 Å². The number of nitrogens with zero attached hydrogens (tertiary/aromatic N) is 1. The van der Waals surface area contributed by atoms with Gasteiger partial charge in [-0.05, 0) is 47.4 Å². The Labute approximate surface area is 241 Å². The molecule has 4 aromatic carbocycles. The molecular formula is C34H27F3N2O3. The summed E-state index contributed by atoms with van der Waals surface area (Å²) < 4.78 is 47.1. The second-order valence-corrected chi connectivity index (χ2v) is 9.72. The second kappa shape index (κ2) is 11.9. The number of hydrogen-bond donors (Lipinski definition) is 1. The zero-order valence-corrected chi connectivity index (χ0v) is 23.0. The number of alkyl halides is 3. The summed E-state index contributed by atoms with van der Waals surface area (Å²) in [6, 6.07) is 25.1. The topological polar surface area (TPSA) is 68.3 Å². The first-order valence-corrected chi connectivity index (χ1v) is 13.4. The van der Waals surface area contributed by atoms with Crippen LogP contribution in [0.5, 0.6) is 5.75 Å². The van der Waals surface area contributed by atoms with Crippen LogP contribution in [-0.2, 0) is 23.9 Å². The smallest absolute Gasteiger partial charge is 0.418 e. The van der Waals surface area contributed by atoms with E-state index >= 15 is 0 Å². The highest BCUT2D eigenvalue weighted by atomic mass is 19.4. The lowest BCUT2D eigenvalue weighted by atomic mass is 9.91. The normalized spacial score (nSPS) is 11.4. The van der Waals surface area contributed by atoms with E-state index in [1.54, 1.807) is 60.7 Å².